The average molecular weight is 425 g/mol. The molecule has 0 atom stereocenters. The molecule has 1 aliphatic heterocycles. The van der Waals surface area contributed by atoms with Gasteiger partial charge in [-0.3, -0.25) is 0 Å². The molecule has 31 heavy (non-hydrogen) atoms. The second-order valence-corrected chi connectivity index (χ2v) is 7.66. The fourth-order valence-electron chi connectivity index (χ4n) is 3.74. The summed E-state index contributed by atoms with van der Waals surface area (Å²) in [6, 6.07) is 15.5. The van der Waals surface area contributed by atoms with Crippen molar-refractivity contribution in [1.82, 2.24) is 10.2 Å². The highest BCUT2D eigenvalue weighted by atomic mass is 19.1. The topological polar surface area (TPSA) is 103 Å². The van der Waals surface area contributed by atoms with Crippen LogP contribution in [0.3, 0.4) is 0 Å². The molecule has 1 heterocycles. The van der Waals surface area contributed by atoms with Gasteiger partial charge in [0.15, 0.2) is 0 Å². The lowest BCUT2D eigenvalue weighted by Crippen LogP contribution is -2.56. The van der Waals surface area contributed by atoms with Crippen molar-refractivity contribution in [2.24, 2.45) is 0 Å². The van der Waals surface area contributed by atoms with Gasteiger partial charge in [-0.05, 0) is 48.9 Å². The van der Waals surface area contributed by atoms with E-state index >= 15 is 0 Å². The number of hydrogen-bond acceptors (Lipinski definition) is 4. The molecule has 0 bridgehead atoms. The molecular weight excluding hydrogens is 401 g/mol. The minimum atomic E-state index is -0.988. The molecule has 0 aliphatic carbocycles. The Morgan fingerprint density at radius 3 is 2.52 bits per heavy atom. The Morgan fingerprint density at radius 1 is 1.16 bits per heavy atom. The summed E-state index contributed by atoms with van der Waals surface area (Å²) >= 11 is 0. The molecule has 0 saturated carbocycles. The number of halogens is 1. The molecular formula is C23H24FN3O4. The number of nitrogens with one attached hydrogen (secondary N) is 1. The Balaban J connectivity index is 1.67. The number of benzene rings is 2. The molecule has 1 aliphatic rings. The van der Waals surface area contributed by atoms with Gasteiger partial charge in [0.25, 0.3) is 0 Å². The van der Waals surface area contributed by atoms with Gasteiger partial charge >= 0.3 is 12.2 Å². The summed E-state index contributed by atoms with van der Waals surface area (Å²) < 4.78 is 19.0. The van der Waals surface area contributed by atoms with Crippen molar-refractivity contribution in [1.29, 1.82) is 5.26 Å². The quantitative estimate of drug-likeness (QED) is 0.726. The molecule has 0 radical (unpaired) electrons. The largest absolute Gasteiger partial charge is 0.465 e. The molecule has 2 amide bonds. The Bertz CT molecular complexity index is 967. The normalized spacial score (nSPS) is 15.0. The summed E-state index contributed by atoms with van der Waals surface area (Å²) in [5.41, 5.74) is 0.962. The lowest BCUT2D eigenvalue weighted by molar-refractivity contribution is 0.0888. The number of carbonyl (C=O) groups excluding carboxylic acids is 1. The first-order valence-electron chi connectivity index (χ1n) is 10.1. The van der Waals surface area contributed by atoms with E-state index in [1.807, 2.05) is 36.4 Å². The molecule has 0 spiro atoms. The van der Waals surface area contributed by atoms with Crippen LogP contribution in [0.4, 0.5) is 14.0 Å². The number of alkyl carbamates (subject to hydrolysis) is 1. The Kier molecular flexibility index (Phi) is 7.08. The van der Waals surface area contributed by atoms with Gasteiger partial charge in [0, 0.05) is 18.6 Å². The van der Waals surface area contributed by atoms with Crippen molar-refractivity contribution >= 4 is 12.2 Å². The number of nitriles is 1. The number of aryl methyl sites for hydroxylation is 1. The van der Waals surface area contributed by atoms with Gasteiger partial charge in [-0.1, -0.05) is 36.4 Å². The molecule has 2 N–H and O–H groups in total. The summed E-state index contributed by atoms with van der Waals surface area (Å²) in [5, 5.41) is 21.2. The number of carboxylic acid groups (broad SMARTS) is 1. The van der Waals surface area contributed by atoms with Gasteiger partial charge < -0.3 is 20.1 Å². The standard InChI is InChI=1S/C23H24FN3O4/c24-20-7-6-17(14-19(20)15-25)8-9-23(10-12-27(13-11-23)22(29)30)26-21(28)31-16-18-4-2-1-3-5-18/h1-7,14H,8-13,16H2,(H,26,28)(H,29,30). The smallest absolute Gasteiger partial charge is 0.407 e. The maximum Gasteiger partial charge on any atom is 0.407 e. The lowest BCUT2D eigenvalue weighted by Gasteiger charge is -2.41. The minimum Gasteiger partial charge on any atom is -0.465 e. The Morgan fingerprint density at radius 2 is 1.87 bits per heavy atom. The number of amides is 2. The van der Waals surface area contributed by atoms with Crippen LogP contribution in [0.1, 0.15) is 36.0 Å². The first kappa shape index (κ1) is 22.1. The molecule has 8 heteroatoms. The van der Waals surface area contributed by atoms with Gasteiger partial charge in [-0.15, -0.1) is 0 Å². The maximum atomic E-state index is 13.6. The van der Waals surface area contributed by atoms with Crippen LogP contribution in [-0.4, -0.2) is 40.8 Å². The third-order valence-electron chi connectivity index (χ3n) is 5.61. The Labute approximate surface area is 180 Å². The third kappa shape index (κ3) is 5.95. The zero-order valence-electron chi connectivity index (χ0n) is 17.0. The molecule has 2 aromatic rings. The van der Waals surface area contributed by atoms with Crippen molar-refractivity contribution in [3.63, 3.8) is 0 Å². The zero-order chi connectivity index (χ0) is 22.3. The van der Waals surface area contributed by atoms with E-state index in [1.165, 1.54) is 17.0 Å². The highest BCUT2D eigenvalue weighted by Crippen LogP contribution is 2.28. The number of likely N-dealkylation sites (tertiary alicyclic amines) is 1. The van der Waals surface area contributed by atoms with E-state index in [9.17, 15) is 19.1 Å². The summed E-state index contributed by atoms with van der Waals surface area (Å²) in [7, 11) is 0. The van der Waals surface area contributed by atoms with Gasteiger partial charge in [-0.25, -0.2) is 14.0 Å². The van der Waals surface area contributed by atoms with Crippen LogP contribution in [0.2, 0.25) is 0 Å². The van der Waals surface area contributed by atoms with E-state index in [4.69, 9.17) is 10.00 Å². The van der Waals surface area contributed by atoms with Crippen LogP contribution in [0.5, 0.6) is 0 Å². The SMILES string of the molecule is N#Cc1cc(CCC2(NC(=O)OCc3ccccc3)CCN(C(=O)O)CC2)ccc1F. The number of hydrogen-bond donors (Lipinski definition) is 2. The van der Waals surface area contributed by atoms with Gasteiger partial charge in [0.05, 0.1) is 5.56 Å². The van der Waals surface area contributed by atoms with Crippen LogP contribution in [0, 0.1) is 17.1 Å². The van der Waals surface area contributed by atoms with Gasteiger partial charge in [-0.2, -0.15) is 5.26 Å². The molecule has 162 valence electrons. The van der Waals surface area contributed by atoms with E-state index < -0.39 is 23.5 Å². The third-order valence-corrected chi connectivity index (χ3v) is 5.61. The van der Waals surface area contributed by atoms with Crippen LogP contribution in [0.25, 0.3) is 0 Å². The van der Waals surface area contributed by atoms with Crippen molar-refractivity contribution in [3.8, 4) is 6.07 Å². The number of carbonyl (C=O) groups is 2. The van der Waals surface area contributed by atoms with Gasteiger partial charge in [0.2, 0.25) is 0 Å². The fraction of sp³-hybridized carbons (Fsp3) is 0.348. The van der Waals surface area contributed by atoms with E-state index in [2.05, 4.69) is 5.32 Å². The molecule has 1 saturated heterocycles. The molecule has 0 aromatic heterocycles. The predicted molar refractivity (Wildman–Crippen MR) is 111 cm³/mol. The summed E-state index contributed by atoms with van der Waals surface area (Å²) in [5.74, 6) is -0.571. The molecule has 0 unspecified atom stereocenters. The summed E-state index contributed by atoms with van der Waals surface area (Å²) in [4.78, 5) is 25.1. The lowest BCUT2D eigenvalue weighted by atomic mass is 9.82. The molecule has 2 aromatic carbocycles. The van der Waals surface area contributed by atoms with E-state index in [0.717, 1.165) is 11.1 Å². The maximum absolute atomic E-state index is 13.6. The van der Waals surface area contributed by atoms with Crippen LogP contribution >= 0.6 is 0 Å². The van der Waals surface area contributed by atoms with Crippen LogP contribution < -0.4 is 5.32 Å². The monoisotopic (exact) mass is 425 g/mol. The second-order valence-electron chi connectivity index (χ2n) is 7.66. The van der Waals surface area contributed by atoms with Crippen LogP contribution in [-0.2, 0) is 17.8 Å². The molecule has 1 fully saturated rings. The van der Waals surface area contributed by atoms with Crippen molar-refractivity contribution in [2.45, 2.75) is 37.8 Å². The predicted octanol–water partition coefficient (Wildman–Crippen LogP) is 4.07. The van der Waals surface area contributed by atoms with E-state index in [-0.39, 0.29) is 12.2 Å². The van der Waals surface area contributed by atoms with E-state index in [1.54, 1.807) is 6.07 Å². The summed E-state index contributed by atoms with van der Waals surface area (Å²) in [6.07, 6.45) is 0.332. The number of ether oxygens (including phenoxy) is 1. The molecule has 3 rings (SSSR count). The molecule has 7 nitrogen and oxygen atoms in total. The second kappa shape index (κ2) is 9.94. The summed E-state index contributed by atoms with van der Waals surface area (Å²) in [6.45, 7) is 0.718. The first-order chi connectivity index (χ1) is 14.9. The average Bonchev–Trinajstić information content (AvgIpc) is 2.78. The fourth-order valence-corrected chi connectivity index (χ4v) is 3.74. The number of piperidine rings is 1. The van der Waals surface area contributed by atoms with Crippen LogP contribution in [0.15, 0.2) is 48.5 Å². The van der Waals surface area contributed by atoms with Gasteiger partial charge in [0.1, 0.15) is 18.5 Å². The highest BCUT2D eigenvalue weighted by molar-refractivity contribution is 5.69. The minimum absolute atomic E-state index is 0.0255. The highest BCUT2D eigenvalue weighted by Gasteiger charge is 2.37. The van der Waals surface area contributed by atoms with Crippen molar-refractivity contribution < 1.29 is 23.8 Å². The van der Waals surface area contributed by atoms with Crippen molar-refractivity contribution in [2.75, 3.05) is 13.1 Å². The zero-order valence-corrected chi connectivity index (χ0v) is 17.0. The number of nitrogens with zero attached hydrogens (tertiary/aromatic N) is 2. The van der Waals surface area contributed by atoms with E-state index in [0.29, 0.717) is 38.8 Å². The Hall–Kier alpha value is -3.60. The first-order valence-corrected chi connectivity index (χ1v) is 10.1. The number of rotatable bonds is 6. The van der Waals surface area contributed by atoms with Crippen molar-refractivity contribution in [3.05, 3.63) is 71.0 Å².